The van der Waals surface area contributed by atoms with Crippen molar-refractivity contribution in [2.24, 2.45) is 0 Å². The van der Waals surface area contributed by atoms with E-state index in [1.165, 1.54) is 18.2 Å². The number of urea groups is 1. The number of amides is 2. The lowest BCUT2D eigenvalue weighted by Crippen LogP contribution is -2.45. The number of carbonyl (C=O) groups excluding carboxylic acids is 1. The summed E-state index contributed by atoms with van der Waals surface area (Å²) >= 11 is 5.81. The van der Waals surface area contributed by atoms with Gasteiger partial charge in [0.15, 0.2) is 6.04 Å². The maximum Gasteiger partial charge on any atom is 0.328 e. The molecule has 0 aliphatic heterocycles. The quantitative estimate of drug-likeness (QED) is 0.650. The Morgan fingerprint density at radius 1 is 1.47 bits per heavy atom. The molecule has 8 heteroatoms. The van der Waals surface area contributed by atoms with Crippen LogP contribution in [0, 0.1) is 11.3 Å². The monoisotopic (exact) mass is 283 g/mol. The summed E-state index contributed by atoms with van der Waals surface area (Å²) in [4.78, 5) is 22.1. The molecule has 1 aromatic rings. The number of rotatable bonds is 4. The number of hydrogen-bond acceptors (Lipinski definition) is 4. The summed E-state index contributed by atoms with van der Waals surface area (Å²) in [5.74, 6) is -1.37. The fraction of sp³-hybridized carbons (Fsp3) is 0.182. The number of carboxylic acid groups (broad SMARTS) is 1. The molecule has 100 valence electrons. The minimum Gasteiger partial charge on any atom is -0.480 e. The fourth-order valence-corrected chi connectivity index (χ4v) is 1.36. The van der Waals surface area contributed by atoms with Crippen molar-refractivity contribution in [1.82, 2.24) is 5.32 Å². The Labute approximate surface area is 113 Å². The van der Waals surface area contributed by atoms with Crippen molar-refractivity contribution in [3.8, 4) is 6.07 Å². The molecule has 1 atom stereocenters. The number of carboxylic acids is 1. The number of halogens is 1. The summed E-state index contributed by atoms with van der Waals surface area (Å²) in [7, 11) is 0. The predicted octanol–water partition coefficient (Wildman–Crippen LogP) is 0.779. The molecule has 1 aromatic carbocycles. The van der Waals surface area contributed by atoms with Gasteiger partial charge in [0.1, 0.15) is 0 Å². The first kappa shape index (κ1) is 14.8. The Hall–Kier alpha value is -2.30. The van der Waals surface area contributed by atoms with Crippen LogP contribution in [0.4, 0.5) is 10.5 Å². The van der Waals surface area contributed by atoms with Gasteiger partial charge in [-0.1, -0.05) is 11.6 Å². The highest BCUT2D eigenvalue weighted by atomic mass is 35.5. The van der Waals surface area contributed by atoms with Crippen molar-refractivity contribution in [2.75, 3.05) is 11.9 Å². The van der Waals surface area contributed by atoms with E-state index in [0.717, 1.165) is 0 Å². The molecule has 4 N–H and O–H groups in total. The van der Waals surface area contributed by atoms with Crippen molar-refractivity contribution < 1.29 is 19.8 Å². The number of nitrogens with zero attached hydrogens (tertiary/aromatic N) is 1. The minimum atomic E-state index is -1.42. The predicted molar refractivity (Wildman–Crippen MR) is 66.8 cm³/mol. The van der Waals surface area contributed by atoms with Crippen molar-refractivity contribution in [3.05, 3.63) is 28.8 Å². The summed E-state index contributed by atoms with van der Waals surface area (Å²) in [5.41, 5.74) is 0.455. The maximum absolute atomic E-state index is 11.5. The zero-order valence-corrected chi connectivity index (χ0v) is 10.3. The van der Waals surface area contributed by atoms with Crippen molar-refractivity contribution in [3.63, 3.8) is 0 Å². The fourth-order valence-electron chi connectivity index (χ4n) is 1.19. The zero-order chi connectivity index (χ0) is 14.4. The Morgan fingerprint density at radius 2 is 2.16 bits per heavy atom. The van der Waals surface area contributed by atoms with Gasteiger partial charge in [-0.15, -0.1) is 0 Å². The van der Waals surface area contributed by atoms with Crippen LogP contribution in [0.25, 0.3) is 0 Å². The Kier molecular flexibility index (Phi) is 5.11. The van der Waals surface area contributed by atoms with Crippen LogP contribution in [0.2, 0.25) is 5.02 Å². The third-order valence-electron chi connectivity index (χ3n) is 2.13. The highest BCUT2D eigenvalue weighted by Gasteiger charge is 2.19. The molecule has 7 nitrogen and oxygen atoms in total. The van der Waals surface area contributed by atoms with Gasteiger partial charge < -0.3 is 20.8 Å². The molecule has 0 aliphatic carbocycles. The highest BCUT2D eigenvalue weighted by molar-refractivity contribution is 6.33. The van der Waals surface area contributed by atoms with Gasteiger partial charge in [-0.3, -0.25) is 0 Å². The van der Waals surface area contributed by atoms with Crippen molar-refractivity contribution in [2.45, 2.75) is 6.04 Å². The lowest BCUT2D eigenvalue weighted by Gasteiger charge is -2.13. The van der Waals surface area contributed by atoms with E-state index in [0.29, 0.717) is 0 Å². The lowest BCUT2D eigenvalue weighted by molar-refractivity contribution is -0.140. The molecule has 0 heterocycles. The van der Waals surface area contributed by atoms with Gasteiger partial charge in [-0.2, -0.15) is 5.26 Å². The third kappa shape index (κ3) is 4.13. The van der Waals surface area contributed by atoms with Gasteiger partial charge in [0, 0.05) is 0 Å². The second-order valence-corrected chi connectivity index (χ2v) is 3.89. The molecule has 0 radical (unpaired) electrons. The zero-order valence-electron chi connectivity index (χ0n) is 9.55. The Balaban J connectivity index is 2.77. The van der Waals surface area contributed by atoms with E-state index in [1.807, 2.05) is 11.4 Å². The summed E-state index contributed by atoms with van der Waals surface area (Å²) in [6.45, 7) is -0.741. The van der Waals surface area contributed by atoms with E-state index < -0.39 is 24.6 Å². The number of nitrogens with one attached hydrogen (secondary N) is 2. The molecule has 0 saturated carbocycles. The number of carbonyl (C=O) groups is 2. The van der Waals surface area contributed by atoms with Gasteiger partial charge in [0.05, 0.1) is 28.9 Å². The van der Waals surface area contributed by atoms with Crippen LogP contribution < -0.4 is 10.6 Å². The lowest BCUT2D eigenvalue weighted by atomic mass is 10.2. The van der Waals surface area contributed by atoms with Crippen LogP contribution in [-0.2, 0) is 4.79 Å². The van der Waals surface area contributed by atoms with E-state index >= 15 is 0 Å². The van der Waals surface area contributed by atoms with E-state index in [2.05, 4.69) is 5.32 Å². The molecular weight excluding hydrogens is 274 g/mol. The molecule has 0 spiro atoms. The summed E-state index contributed by atoms with van der Waals surface area (Å²) < 4.78 is 0. The van der Waals surface area contributed by atoms with Crippen LogP contribution in [0.15, 0.2) is 18.2 Å². The molecular formula is C11H10ClN3O4. The van der Waals surface area contributed by atoms with E-state index in [1.54, 1.807) is 0 Å². The third-order valence-corrected chi connectivity index (χ3v) is 2.46. The topological polar surface area (TPSA) is 122 Å². The minimum absolute atomic E-state index is 0.167. The molecule has 0 aliphatic rings. The number of aliphatic hydroxyl groups is 1. The Morgan fingerprint density at radius 3 is 2.68 bits per heavy atom. The number of benzene rings is 1. The average molecular weight is 284 g/mol. The van der Waals surface area contributed by atoms with Crippen molar-refractivity contribution in [1.29, 1.82) is 5.26 Å². The smallest absolute Gasteiger partial charge is 0.328 e. The normalized spacial score (nSPS) is 11.2. The number of anilines is 1. The number of hydrogen-bond donors (Lipinski definition) is 4. The second-order valence-electron chi connectivity index (χ2n) is 3.48. The molecule has 1 rings (SSSR count). The molecule has 0 saturated heterocycles. The molecule has 2 amide bonds. The summed E-state index contributed by atoms with van der Waals surface area (Å²) in [6, 6.07) is 3.85. The SMILES string of the molecule is N#Cc1ccc(Cl)c(NC(=O)NC(CO)C(=O)O)c1. The van der Waals surface area contributed by atoms with Gasteiger partial charge >= 0.3 is 12.0 Å². The van der Waals surface area contributed by atoms with Gasteiger partial charge in [-0.05, 0) is 18.2 Å². The average Bonchev–Trinajstić information content (AvgIpc) is 2.38. The van der Waals surface area contributed by atoms with Gasteiger partial charge in [0.2, 0.25) is 0 Å². The van der Waals surface area contributed by atoms with Crippen LogP contribution in [-0.4, -0.2) is 34.9 Å². The Bertz CT molecular complexity index is 541. The maximum atomic E-state index is 11.5. The first-order valence-corrected chi connectivity index (χ1v) is 5.46. The van der Waals surface area contributed by atoms with E-state index in [-0.39, 0.29) is 16.3 Å². The summed E-state index contributed by atoms with van der Waals surface area (Å²) in [5, 5.41) is 30.7. The van der Waals surface area contributed by atoms with Gasteiger partial charge in [0.25, 0.3) is 0 Å². The standard InChI is InChI=1S/C11H10ClN3O4/c12-7-2-1-6(4-13)3-8(7)14-11(19)15-9(5-16)10(17)18/h1-3,9,16H,5H2,(H,17,18)(H2,14,15,19). The van der Waals surface area contributed by atoms with Crippen LogP contribution in [0.1, 0.15) is 5.56 Å². The first-order chi connectivity index (χ1) is 8.97. The molecule has 19 heavy (non-hydrogen) atoms. The first-order valence-electron chi connectivity index (χ1n) is 5.08. The van der Waals surface area contributed by atoms with Crippen LogP contribution in [0.3, 0.4) is 0 Å². The highest BCUT2D eigenvalue weighted by Crippen LogP contribution is 2.22. The largest absolute Gasteiger partial charge is 0.480 e. The summed E-state index contributed by atoms with van der Waals surface area (Å²) in [6.07, 6.45) is 0. The molecule has 0 aromatic heterocycles. The van der Waals surface area contributed by atoms with Crippen LogP contribution in [0.5, 0.6) is 0 Å². The molecule has 1 unspecified atom stereocenters. The van der Waals surface area contributed by atoms with Crippen molar-refractivity contribution >= 4 is 29.3 Å². The number of nitriles is 1. The number of aliphatic carboxylic acids is 1. The van der Waals surface area contributed by atoms with E-state index in [9.17, 15) is 9.59 Å². The second kappa shape index (κ2) is 6.58. The van der Waals surface area contributed by atoms with Crippen LogP contribution >= 0.6 is 11.6 Å². The molecule has 0 bridgehead atoms. The van der Waals surface area contributed by atoms with E-state index in [4.69, 9.17) is 27.1 Å². The number of aliphatic hydroxyl groups excluding tert-OH is 1. The molecule has 0 fully saturated rings. The van der Waals surface area contributed by atoms with Gasteiger partial charge in [-0.25, -0.2) is 9.59 Å².